The first-order chi connectivity index (χ1) is 7.52. The summed E-state index contributed by atoms with van der Waals surface area (Å²) in [4.78, 5) is 23.6. The number of carboxylic acid groups (broad SMARTS) is 1. The van der Waals surface area contributed by atoms with Crippen molar-refractivity contribution in [1.29, 1.82) is 0 Å². The molecule has 1 unspecified atom stereocenters. The number of carbonyl (C=O) groups excluding carboxylic acids is 1. The van der Waals surface area contributed by atoms with E-state index in [1.807, 2.05) is 6.92 Å². The van der Waals surface area contributed by atoms with E-state index >= 15 is 0 Å². The van der Waals surface area contributed by atoms with Crippen LogP contribution in [0.4, 0.5) is 0 Å². The van der Waals surface area contributed by atoms with E-state index in [1.54, 1.807) is 6.92 Å². The van der Waals surface area contributed by atoms with Gasteiger partial charge in [0, 0.05) is 6.54 Å². The normalized spacial score (nSPS) is 14.2. The molecule has 16 heavy (non-hydrogen) atoms. The average molecular weight is 229 g/mol. The highest BCUT2D eigenvalue weighted by Gasteiger charge is 2.37. The summed E-state index contributed by atoms with van der Waals surface area (Å²) >= 11 is 0. The Morgan fingerprint density at radius 2 is 1.94 bits per heavy atom. The number of hydrogen-bond donors (Lipinski definition) is 1. The van der Waals surface area contributed by atoms with Crippen molar-refractivity contribution in [2.24, 2.45) is 0 Å². The van der Waals surface area contributed by atoms with E-state index in [4.69, 9.17) is 0 Å². The third-order valence-corrected chi connectivity index (χ3v) is 2.95. The molecule has 4 nitrogen and oxygen atoms in total. The van der Waals surface area contributed by atoms with Crippen molar-refractivity contribution in [3.63, 3.8) is 0 Å². The number of amides is 1. The van der Waals surface area contributed by atoms with Gasteiger partial charge in [0.2, 0.25) is 6.41 Å². The summed E-state index contributed by atoms with van der Waals surface area (Å²) in [7, 11) is 0. The molecule has 0 aliphatic heterocycles. The molecule has 0 aromatic carbocycles. The topological polar surface area (TPSA) is 57.6 Å². The van der Waals surface area contributed by atoms with Crippen LogP contribution in [0.15, 0.2) is 0 Å². The lowest BCUT2D eigenvalue weighted by molar-refractivity contribution is -0.154. The van der Waals surface area contributed by atoms with Crippen LogP contribution in [0.3, 0.4) is 0 Å². The van der Waals surface area contributed by atoms with Crippen LogP contribution in [0.5, 0.6) is 0 Å². The average Bonchev–Trinajstić information content (AvgIpc) is 2.25. The van der Waals surface area contributed by atoms with E-state index in [0.717, 1.165) is 25.7 Å². The molecule has 0 spiro atoms. The molecule has 0 fully saturated rings. The van der Waals surface area contributed by atoms with Crippen LogP contribution in [0, 0.1) is 0 Å². The molecule has 0 heterocycles. The lowest BCUT2D eigenvalue weighted by Gasteiger charge is -2.35. The molecule has 0 aliphatic carbocycles. The van der Waals surface area contributed by atoms with Crippen LogP contribution >= 0.6 is 0 Å². The van der Waals surface area contributed by atoms with Gasteiger partial charge in [0.25, 0.3) is 0 Å². The quantitative estimate of drug-likeness (QED) is 0.487. The largest absolute Gasteiger partial charge is 0.480 e. The second kappa shape index (κ2) is 7.25. The van der Waals surface area contributed by atoms with Crippen molar-refractivity contribution in [3.8, 4) is 0 Å². The summed E-state index contributed by atoms with van der Waals surface area (Å²) < 4.78 is 0. The van der Waals surface area contributed by atoms with Gasteiger partial charge < -0.3 is 10.0 Å². The monoisotopic (exact) mass is 229 g/mol. The molecule has 1 N–H and O–H groups in total. The van der Waals surface area contributed by atoms with Crippen LogP contribution in [-0.4, -0.2) is 34.5 Å². The maximum absolute atomic E-state index is 11.3. The smallest absolute Gasteiger partial charge is 0.329 e. The van der Waals surface area contributed by atoms with Crippen molar-refractivity contribution in [1.82, 2.24) is 4.90 Å². The van der Waals surface area contributed by atoms with Gasteiger partial charge in [-0.05, 0) is 19.8 Å². The second-order valence-corrected chi connectivity index (χ2v) is 4.33. The number of nitrogens with zero attached hydrogens (tertiary/aromatic N) is 1. The molecule has 0 rings (SSSR count). The zero-order chi connectivity index (χ0) is 12.6. The summed E-state index contributed by atoms with van der Waals surface area (Å²) in [6.07, 6.45) is 4.84. The Labute approximate surface area is 97.6 Å². The standard InChI is InChI=1S/C12H23NO3/c1-4-6-7-8-12(3,11(15)16)13(10-14)9-5-2/h10H,4-9H2,1-3H3,(H,15,16). The summed E-state index contributed by atoms with van der Waals surface area (Å²) in [5, 5.41) is 9.26. The van der Waals surface area contributed by atoms with Gasteiger partial charge in [0.05, 0.1) is 0 Å². The zero-order valence-corrected chi connectivity index (χ0v) is 10.5. The van der Waals surface area contributed by atoms with Crippen LogP contribution in [0.25, 0.3) is 0 Å². The molecule has 0 saturated heterocycles. The molecular weight excluding hydrogens is 206 g/mol. The van der Waals surface area contributed by atoms with E-state index < -0.39 is 11.5 Å². The van der Waals surface area contributed by atoms with Crippen molar-refractivity contribution in [2.45, 2.75) is 58.4 Å². The van der Waals surface area contributed by atoms with Gasteiger partial charge in [-0.1, -0.05) is 33.1 Å². The van der Waals surface area contributed by atoms with Gasteiger partial charge in [-0.2, -0.15) is 0 Å². The minimum Gasteiger partial charge on any atom is -0.480 e. The number of hydrogen-bond acceptors (Lipinski definition) is 2. The molecule has 1 amide bonds. The first kappa shape index (κ1) is 14.9. The highest BCUT2D eigenvalue weighted by atomic mass is 16.4. The van der Waals surface area contributed by atoms with E-state index in [0.29, 0.717) is 19.4 Å². The van der Waals surface area contributed by atoms with Crippen molar-refractivity contribution in [2.75, 3.05) is 6.54 Å². The lowest BCUT2D eigenvalue weighted by atomic mass is 9.92. The van der Waals surface area contributed by atoms with Gasteiger partial charge in [0.15, 0.2) is 0 Å². The van der Waals surface area contributed by atoms with Crippen LogP contribution in [-0.2, 0) is 9.59 Å². The van der Waals surface area contributed by atoms with Gasteiger partial charge in [-0.25, -0.2) is 4.79 Å². The zero-order valence-electron chi connectivity index (χ0n) is 10.5. The number of aliphatic carboxylic acids is 1. The van der Waals surface area contributed by atoms with Crippen molar-refractivity contribution >= 4 is 12.4 Å². The molecule has 4 heteroatoms. The molecule has 1 atom stereocenters. The maximum atomic E-state index is 11.3. The molecular formula is C12H23NO3. The Morgan fingerprint density at radius 1 is 1.31 bits per heavy atom. The van der Waals surface area contributed by atoms with Crippen molar-refractivity contribution in [3.05, 3.63) is 0 Å². The SMILES string of the molecule is CCCCCC(C)(C(=O)O)N(C=O)CCC. The Hall–Kier alpha value is -1.06. The molecule has 0 bridgehead atoms. The number of rotatable bonds is 9. The number of carboxylic acids is 1. The fraction of sp³-hybridized carbons (Fsp3) is 0.833. The predicted molar refractivity (Wildman–Crippen MR) is 63.2 cm³/mol. The molecule has 0 saturated carbocycles. The van der Waals surface area contributed by atoms with E-state index in [1.165, 1.54) is 4.90 Å². The Bertz CT molecular complexity index is 230. The maximum Gasteiger partial charge on any atom is 0.329 e. The van der Waals surface area contributed by atoms with Crippen LogP contribution < -0.4 is 0 Å². The first-order valence-electron chi connectivity index (χ1n) is 5.98. The van der Waals surface area contributed by atoms with Gasteiger partial charge in [0.1, 0.15) is 5.54 Å². The summed E-state index contributed by atoms with van der Waals surface area (Å²) in [5.74, 6) is -0.913. The van der Waals surface area contributed by atoms with Crippen LogP contribution in [0.1, 0.15) is 52.9 Å². The minimum absolute atomic E-state index is 0.498. The fourth-order valence-corrected chi connectivity index (χ4v) is 1.75. The van der Waals surface area contributed by atoms with Crippen molar-refractivity contribution < 1.29 is 14.7 Å². The summed E-state index contributed by atoms with van der Waals surface area (Å²) in [6.45, 7) is 6.14. The lowest BCUT2D eigenvalue weighted by Crippen LogP contribution is -2.52. The van der Waals surface area contributed by atoms with Gasteiger partial charge in [-0.15, -0.1) is 0 Å². The van der Waals surface area contributed by atoms with E-state index in [-0.39, 0.29) is 0 Å². The number of carbonyl (C=O) groups is 2. The third kappa shape index (κ3) is 3.83. The first-order valence-corrected chi connectivity index (χ1v) is 5.98. The summed E-state index contributed by atoms with van der Waals surface area (Å²) in [5.41, 5.74) is -1.05. The Morgan fingerprint density at radius 3 is 2.31 bits per heavy atom. The highest BCUT2D eigenvalue weighted by Crippen LogP contribution is 2.22. The Kier molecular flexibility index (Phi) is 6.77. The Balaban J connectivity index is 4.63. The predicted octanol–water partition coefficient (Wildman–Crippen LogP) is 2.28. The highest BCUT2D eigenvalue weighted by molar-refractivity contribution is 5.80. The summed E-state index contributed by atoms with van der Waals surface area (Å²) in [6, 6.07) is 0. The second-order valence-electron chi connectivity index (χ2n) is 4.33. The molecule has 0 aromatic rings. The molecule has 0 radical (unpaired) electrons. The number of unbranched alkanes of at least 4 members (excludes halogenated alkanes) is 2. The van der Waals surface area contributed by atoms with Crippen LogP contribution in [0.2, 0.25) is 0 Å². The van der Waals surface area contributed by atoms with E-state index in [9.17, 15) is 14.7 Å². The molecule has 0 aromatic heterocycles. The van der Waals surface area contributed by atoms with E-state index in [2.05, 4.69) is 6.92 Å². The third-order valence-electron chi connectivity index (χ3n) is 2.95. The minimum atomic E-state index is -1.05. The van der Waals surface area contributed by atoms with Gasteiger partial charge >= 0.3 is 5.97 Å². The molecule has 0 aliphatic rings. The fourth-order valence-electron chi connectivity index (χ4n) is 1.75. The molecule has 94 valence electrons. The van der Waals surface area contributed by atoms with Gasteiger partial charge in [-0.3, -0.25) is 4.79 Å².